The number of aromatic nitrogens is 1. The fourth-order valence-electron chi connectivity index (χ4n) is 3.49. The van der Waals surface area contributed by atoms with E-state index in [-0.39, 0.29) is 18.1 Å². The van der Waals surface area contributed by atoms with Gasteiger partial charge in [0.1, 0.15) is 5.75 Å². The van der Waals surface area contributed by atoms with Gasteiger partial charge < -0.3 is 9.47 Å². The Morgan fingerprint density at radius 3 is 2.72 bits per heavy atom. The molecule has 0 radical (unpaired) electrons. The Kier molecular flexibility index (Phi) is 7.27. The van der Waals surface area contributed by atoms with Crippen LogP contribution >= 0.6 is 11.3 Å². The van der Waals surface area contributed by atoms with Crippen molar-refractivity contribution in [3.05, 3.63) is 40.9 Å². The quantitative estimate of drug-likeness (QED) is 0.728. The van der Waals surface area contributed by atoms with Crippen LogP contribution in [0.1, 0.15) is 51.8 Å². The van der Waals surface area contributed by atoms with E-state index in [1.165, 1.54) is 16.9 Å². The van der Waals surface area contributed by atoms with Crippen LogP contribution in [0.15, 0.2) is 29.6 Å². The molecule has 158 valence electrons. The molecule has 3 unspecified atom stereocenters. The molecular weight excluding hydrogens is 386 g/mol. The van der Waals surface area contributed by atoms with Crippen LogP contribution in [0.25, 0.3) is 0 Å². The van der Waals surface area contributed by atoms with Crippen LogP contribution in [0.5, 0.6) is 5.75 Å². The molecule has 2 aromatic rings. The number of rotatable bonds is 7. The van der Waals surface area contributed by atoms with Gasteiger partial charge in [-0.2, -0.15) is 0 Å². The van der Waals surface area contributed by atoms with Gasteiger partial charge in [0.2, 0.25) is 0 Å². The summed E-state index contributed by atoms with van der Waals surface area (Å²) in [7, 11) is 0. The Morgan fingerprint density at radius 2 is 2.03 bits per heavy atom. The first kappa shape index (κ1) is 21.7. The van der Waals surface area contributed by atoms with Gasteiger partial charge >= 0.3 is 0 Å². The molecule has 1 aromatic heterocycles. The maximum absolute atomic E-state index is 12.5. The average molecular weight is 418 g/mol. The molecule has 1 saturated heterocycles. The highest BCUT2D eigenvalue weighted by molar-refractivity contribution is 7.13. The molecular formula is C22H31N3O3S. The number of ether oxygens (including phenoxy) is 2. The number of morpholine rings is 1. The highest BCUT2D eigenvalue weighted by Crippen LogP contribution is 2.22. The molecule has 7 heteroatoms. The van der Waals surface area contributed by atoms with E-state index in [0.29, 0.717) is 16.8 Å². The van der Waals surface area contributed by atoms with Crippen LogP contribution in [-0.4, -0.2) is 47.2 Å². The number of carbonyl (C=O) groups excluding carboxylic acids is 1. The number of nitrogens with one attached hydrogen (secondary N) is 1. The van der Waals surface area contributed by atoms with Gasteiger partial charge in [-0.05, 0) is 44.4 Å². The minimum atomic E-state index is -0.606. The van der Waals surface area contributed by atoms with Crippen molar-refractivity contribution >= 4 is 22.4 Å². The molecule has 6 nitrogen and oxygen atoms in total. The summed E-state index contributed by atoms with van der Waals surface area (Å²) in [5.41, 5.74) is 2.15. The third-order valence-electron chi connectivity index (χ3n) is 4.87. The fourth-order valence-corrected chi connectivity index (χ4v) is 4.20. The number of amides is 1. The summed E-state index contributed by atoms with van der Waals surface area (Å²) in [6.45, 7) is 12.7. The van der Waals surface area contributed by atoms with Gasteiger partial charge in [0.05, 0.1) is 17.9 Å². The predicted molar refractivity (Wildman–Crippen MR) is 117 cm³/mol. The summed E-state index contributed by atoms with van der Waals surface area (Å²) in [4.78, 5) is 19.4. The molecule has 0 bridgehead atoms. The van der Waals surface area contributed by atoms with Crippen LogP contribution < -0.4 is 10.1 Å². The van der Waals surface area contributed by atoms with E-state index in [0.717, 1.165) is 25.3 Å². The van der Waals surface area contributed by atoms with Crippen LogP contribution in [0.4, 0.5) is 5.13 Å². The largest absolute Gasteiger partial charge is 0.481 e. The molecule has 1 aliphatic heterocycles. The van der Waals surface area contributed by atoms with E-state index in [4.69, 9.17) is 9.47 Å². The van der Waals surface area contributed by atoms with Crippen molar-refractivity contribution in [1.82, 2.24) is 9.88 Å². The number of carbonyl (C=O) groups is 1. The molecule has 1 fully saturated rings. The minimum Gasteiger partial charge on any atom is -0.481 e. The summed E-state index contributed by atoms with van der Waals surface area (Å²) in [5, 5.41) is 5.48. The summed E-state index contributed by atoms with van der Waals surface area (Å²) in [6, 6.07) is 7.88. The van der Waals surface area contributed by atoms with E-state index in [9.17, 15) is 4.79 Å². The van der Waals surface area contributed by atoms with E-state index < -0.39 is 6.10 Å². The van der Waals surface area contributed by atoms with Crippen molar-refractivity contribution in [2.45, 2.75) is 65.4 Å². The lowest BCUT2D eigenvalue weighted by molar-refractivity contribution is -0.122. The van der Waals surface area contributed by atoms with Gasteiger partial charge in [-0.3, -0.25) is 15.0 Å². The van der Waals surface area contributed by atoms with E-state index >= 15 is 0 Å². The van der Waals surface area contributed by atoms with E-state index in [1.807, 2.05) is 23.6 Å². The number of hydrogen-bond donors (Lipinski definition) is 1. The van der Waals surface area contributed by atoms with Crippen LogP contribution in [-0.2, 0) is 16.1 Å². The highest BCUT2D eigenvalue weighted by atomic mass is 32.1. The van der Waals surface area contributed by atoms with Gasteiger partial charge in [-0.25, -0.2) is 4.98 Å². The molecule has 3 atom stereocenters. The van der Waals surface area contributed by atoms with E-state index in [2.05, 4.69) is 49.0 Å². The second kappa shape index (κ2) is 9.69. The van der Waals surface area contributed by atoms with Gasteiger partial charge in [0, 0.05) is 25.0 Å². The molecule has 1 N–H and O–H groups in total. The summed E-state index contributed by atoms with van der Waals surface area (Å²) in [6.07, 6.45) is -0.154. The van der Waals surface area contributed by atoms with Gasteiger partial charge in [0.25, 0.3) is 5.91 Å². The molecule has 29 heavy (non-hydrogen) atoms. The summed E-state index contributed by atoms with van der Waals surface area (Å²) >= 11 is 1.44. The number of thiazole rings is 1. The Labute approximate surface area is 177 Å². The smallest absolute Gasteiger partial charge is 0.266 e. The second-order valence-electron chi connectivity index (χ2n) is 8.07. The zero-order valence-corrected chi connectivity index (χ0v) is 18.7. The summed E-state index contributed by atoms with van der Waals surface area (Å²) < 4.78 is 11.6. The Bertz CT molecular complexity index is 813. The molecule has 1 aromatic carbocycles. The van der Waals surface area contributed by atoms with Crippen LogP contribution in [0.3, 0.4) is 0 Å². The van der Waals surface area contributed by atoms with E-state index in [1.54, 1.807) is 6.92 Å². The first-order valence-electron chi connectivity index (χ1n) is 10.2. The molecule has 0 spiro atoms. The van der Waals surface area contributed by atoms with Crippen molar-refractivity contribution in [2.75, 3.05) is 18.4 Å². The first-order valence-corrected chi connectivity index (χ1v) is 11.1. The standard InChI is InChI=1S/C22H31N3O3S/c1-14(2)18-7-6-8-20(9-18)28-17(5)21(26)24-22-23-19(13-29-22)12-25-10-15(3)27-16(4)11-25/h6-9,13-17H,10-12H2,1-5H3,(H,23,24,26). The Morgan fingerprint density at radius 1 is 1.31 bits per heavy atom. The van der Waals surface area contributed by atoms with Crippen molar-refractivity contribution in [3.8, 4) is 5.75 Å². The molecule has 0 saturated carbocycles. The molecule has 3 rings (SSSR count). The van der Waals surface area contributed by atoms with Crippen LogP contribution in [0.2, 0.25) is 0 Å². The van der Waals surface area contributed by atoms with Crippen molar-refractivity contribution in [1.29, 1.82) is 0 Å². The second-order valence-corrected chi connectivity index (χ2v) is 8.93. The predicted octanol–water partition coefficient (Wildman–Crippen LogP) is 4.28. The van der Waals surface area contributed by atoms with Gasteiger partial charge in [0.15, 0.2) is 11.2 Å². The first-order chi connectivity index (χ1) is 13.8. The molecule has 1 amide bonds. The lowest BCUT2D eigenvalue weighted by Crippen LogP contribution is -2.44. The zero-order valence-electron chi connectivity index (χ0n) is 17.8. The maximum atomic E-state index is 12.5. The third kappa shape index (κ3) is 6.26. The highest BCUT2D eigenvalue weighted by Gasteiger charge is 2.23. The third-order valence-corrected chi connectivity index (χ3v) is 5.68. The van der Waals surface area contributed by atoms with Crippen molar-refractivity contribution in [2.24, 2.45) is 0 Å². The molecule has 1 aliphatic rings. The molecule has 2 heterocycles. The van der Waals surface area contributed by atoms with Crippen molar-refractivity contribution < 1.29 is 14.3 Å². The zero-order chi connectivity index (χ0) is 21.0. The average Bonchev–Trinajstić information content (AvgIpc) is 3.07. The number of anilines is 1. The SMILES string of the molecule is CC1CN(Cc2csc(NC(=O)C(C)Oc3cccc(C(C)C)c3)n2)CC(C)O1. The number of benzene rings is 1. The Balaban J connectivity index is 1.53. The lowest BCUT2D eigenvalue weighted by Gasteiger charge is -2.34. The Hall–Kier alpha value is -1.96. The van der Waals surface area contributed by atoms with Crippen molar-refractivity contribution in [3.63, 3.8) is 0 Å². The van der Waals surface area contributed by atoms with Gasteiger partial charge in [-0.15, -0.1) is 11.3 Å². The number of nitrogens with zero attached hydrogens (tertiary/aromatic N) is 2. The van der Waals surface area contributed by atoms with Gasteiger partial charge in [-0.1, -0.05) is 26.0 Å². The maximum Gasteiger partial charge on any atom is 0.266 e. The molecule has 0 aliphatic carbocycles. The van der Waals surface area contributed by atoms with Crippen LogP contribution in [0, 0.1) is 0 Å². The summed E-state index contributed by atoms with van der Waals surface area (Å²) in [5.74, 6) is 0.914. The minimum absolute atomic E-state index is 0.200. The fraction of sp³-hybridized carbons (Fsp3) is 0.545. The monoisotopic (exact) mass is 417 g/mol. The lowest BCUT2D eigenvalue weighted by atomic mass is 10.0. The number of hydrogen-bond acceptors (Lipinski definition) is 6. The normalized spacial score (nSPS) is 21.2. The topological polar surface area (TPSA) is 63.7 Å².